The first-order valence-corrected chi connectivity index (χ1v) is 11.9. The van der Waals surface area contributed by atoms with Crippen LogP contribution < -0.4 is 4.90 Å². The first-order chi connectivity index (χ1) is 14.7. The van der Waals surface area contributed by atoms with E-state index in [0.717, 1.165) is 56.9 Å². The number of likely N-dealkylation sites (tertiary alicyclic amines) is 1. The topological polar surface area (TPSA) is 56.3 Å². The maximum absolute atomic E-state index is 12.4. The highest BCUT2D eigenvalue weighted by molar-refractivity contribution is 5.96. The number of fused-ring (bicyclic) bond motifs is 1. The van der Waals surface area contributed by atoms with E-state index < -0.39 is 6.23 Å². The Morgan fingerprint density at radius 3 is 2.60 bits per heavy atom. The molecule has 30 heavy (non-hydrogen) atoms. The number of nitrogens with zero attached hydrogens (tertiary/aromatic N) is 3. The third-order valence-corrected chi connectivity index (χ3v) is 6.96. The number of carbonyl (C=O) groups excluding carboxylic acids is 1. The SMILES string of the molecule is O=C1CCc2ccccc2N1CCCN1CCC(CCCCN2OCCC2O)CC1. The Kier molecular flexibility index (Phi) is 7.77. The molecular weight excluding hydrogens is 378 g/mol. The first kappa shape index (κ1) is 21.8. The van der Waals surface area contributed by atoms with Gasteiger partial charge in [0.15, 0.2) is 0 Å². The van der Waals surface area contributed by atoms with E-state index in [1.165, 1.54) is 44.3 Å². The van der Waals surface area contributed by atoms with E-state index in [0.29, 0.717) is 13.0 Å². The Labute approximate surface area is 180 Å². The zero-order valence-electron chi connectivity index (χ0n) is 18.2. The number of hydroxylamine groups is 2. The van der Waals surface area contributed by atoms with E-state index in [1.807, 2.05) is 11.0 Å². The highest BCUT2D eigenvalue weighted by Gasteiger charge is 2.25. The van der Waals surface area contributed by atoms with Crippen LogP contribution in [0.4, 0.5) is 5.69 Å². The van der Waals surface area contributed by atoms with Crippen LogP contribution in [0.1, 0.15) is 56.9 Å². The molecule has 1 N–H and O–H groups in total. The van der Waals surface area contributed by atoms with Gasteiger partial charge in [-0.2, -0.15) is 5.06 Å². The van der Waals surface area contributed by atoms with E-state index in [9.17, 15) is 9.90 Å². The number of carbonyl (C=O) groups is 1. The van der Waals surface area contributed by atoms with Gasteiger partial charge in [0, 0.05) is 31.6 Å². The molecule has 0 bridgehead atoms. The summed E-state index contributed by atoms with van der Waals surface area (Å²) in [5.41, 5.74) is 2.43. The number of amides is 1. The lowest BCUT2D eigenvalue weighted by Gasteiger charge is -2.33. The van der Waals surface area contributed by atoms with Gasteiger partial charge in [-0.1, -0.05) is 31.0 Å². The largest absolute Gasteiger partial charge is 0.376 e. The summed E-state index contributed by atoms with van der Waals surface area (Å²) in [6.07, 6.45) is 9.08. The summed E-state index contributed by atoms with van der Waals surface area (Å²) in [4.78, 5) is 22.4. The molecule has 3 heterocycles. The second-order valence-electron chi connectivity index (χ2n) is 9.05. The number of benzene rings is 1. The second-order valence-corrected chi connectivity index (χ2v) is 9.05. The van der Waals surface area contributed by atoms with Crippen LogP contribution in [0.15, 0.2) is 24.3 Å². The lowest BCUT2D eigenvalue weighted by molar-refractivity contribution is -0.180. The van der Waals surface area contributed by atoms with Crippen LogP contribution in [-0.4, -0.2) is 66.5 Å². The van der Waals surface area contributed by atoms with Crippen LogP contribution in [0.3, 0.4) is 0 Å². The molecular formula is C24H37N3O3. The minimum Gasteiger partial charge on any atom is -0.376 e. The number of piperidine rings is 1. The van der Waals surface area contributed by atoms with Crippen molar-refractivity contribution in [3.05, 3.63) is 29.8 Å². The van der Waals surface area contributed by atoms with Gasteiger partial charge in [-0.25, -0.2) is 0 Å². The van der Waals surface area contributed by atoms with Crippen LogP contribution in [-0.2, 0) is 16.1 Å². The molecule has 4 rings (SSSR count). The number of hydrogen-bond acceptors (Lipinski definition) is 5. The molecule has 6 nitrogen and oxygen atoms in total. The van der Waals surface area contributed by atoms with Crippen molar-refractivity contribution in [1.29, 1.82) is 0 Å². The molecule has 0 aliphatic carbocycles. The lowest BCUT2D eigenvalue weighted by Crippen LogP contribution is -2.39. The summed E-state index contributed by atoms with van der Waals surface area (Å²) in [5.74, 6) is 1.11. The number of para-hydroxylation sites is 1. The van der Waals surface area contributed by atoms with Crippen molar-refractivity contribution in [3.63, 3.8) is 0 Å². The number of aryl methyl sites for hydroxylation is 1. The monoisotopic (exact) mass is 415 g/mol. The van der Waals surface area contributed by atoms with Gasteiger partial charge in [0.05, 0.1) is 6.61 Å². The fourth-order valence-electron chi connectivity index (χ4n) is 5.11. The van der Waals surface area contributed by atoms with Gasteiger partial charge in [0.25, 0.3) is 0 Å². The van der Waals surface area contributed by atoms with Gasteiger partial charge in [0.2, 0.25) is 5.91 Å². The number of aliphatic hydroxyl groups is 1. The van der Waals surface area contributed by atoms with E-state index in [1.54, 1.807) is 5.06 Å². The molecule has 2 fully saturated rings. The smallest absolute Gasteiger partial charge is 0.227 e. The number of hydrogen-bond donors (Lipinski definition) is 1. The third-order valence-electron chi connectivity index (χ3n) is 6.96. The summed E-state index contributed by atoms with van der Waals surface area (Å²) < 4.78 is 0. The number of rotatable bonds is 9. The van der Waals surface area contributed by atoms with Crippen LogP contribution >= 0.6 is 0 Å². The molecule has 0 aromatic heterocycles. The molecule has 3 aliphatic heterocycles. The zero-order valence-corrected chi connectivity index (χ0v) is 18.2. The molecule has 1 aromatic rings. The van der Waals surface area contributed by atoms with Gasteiger partial charge < -0.3 is 14.9 Å². The maximum Gasteiger partial charge on any atom is 0.227 e. The van der Waals surface area contributed by atoms with Crippen molar-refractivity contribution in [2.24, 2.45) is 5.92 Å². The average molecular weight is 416 g/mol. The van der Waals surface area contributed by atoms with Crippen molar-refractivity contribution < 1.29 is 14.7 Å². The quantitative estimate of drug-likeness (QED) is 0.628. The van der Waals surface area contributed by atoms with Gasteiger partial charge >= 0.3 is 0 Å². The predicted octanol–water partition coefficient (Wildman–Crippen LogP) is 3.19. The molecule has 1 atom stereocenters. The molecule has 3 aliphatic rings. The summed E-state index contributed by atoms with van der Waals surface area (Å²) in [7, 11) is 0. The van der Waals surface area contributed by atoms with E-state index >= 15 is 0 Å². The van der Waals surface area contributed by atoms with Gasteiger partial charge in [-0.15, -0.1) is 0 Å². The van der Waals surface area contributed by atoms with Crippen molar-refractivity contribution >= 4 is 11.6 Å². The van der Waals surface area contributed by atoms with Crippen molar-refractivity contribution in [3.8, 4) is 0 Å². The van der Waals surface area contributed by atoms with Gasteiger partial charge in [-0.05, 0) is 69.3 Å². The highest BCUT2D eigenvalue weighted by atomic mass is 16.7. The summed E-state index contributed by atoms with van der Waals surface area (Å²) in [6, 6.07) is 8.35. The molecule has 0 saturated carbocycles. The minimum absolute atomic E-state index is 0.277. The highest BCUT2D eigenvalue weighted by Crippen LogP contribution is 2.28. The minimum atomic E-state index is -0.401. The van der Waals surface area contributed by atoms with Crippen LogP contribution in [0.5, 0.6) is 0 Å². The summed E-state index contributed by atoms with van der Waals surface area (Å²) in [5, 5.41) is 11.5. The van der Waals surface area contributed by atoms with Crippen LogP contribution in [0, 0.1) is 5.92 Å². The Morgan fingerprint density at radius 2 is 1.80 bits per heavy atom. The van der Waals surface area contributed by atoms with Crippen molar-refractivity contribution in [1.82, 2.24) is 9.96 Å². The third kappa shape index (κ3) is 5.61. The molecule has 166 valence electrons. The van der Waals surface area contributed by atoms with Crippen LogP contribution in [0.2, 0.25) is 0 Å². The molecule has 1 amide bonds. The fourth-order valence-corrected chi connectivity index (χ4v) is 5.11. The Hall–Kier alpha value is -1.47. The molecule has 0 radical (unpaired) electrons. The standard InChI is InChI=1S/C24H37N3O3/c28-23-10-9-21-7-1-2-8-22(21)26(23)15-5-14-25-17-11-20(12-18-25)6-3-4-16-27-24(29)13-19-30-27/h1-2,7-8,20,24,29H,3-6,9-19H2. The summed E-state index contributed by atoms with van der Waals surface area (Å²) >= 11 is 0. The van der Waals surface area contributed by atoms with Crippen molar-refractivity contribution in [2.75, 3.05) is 44.2 Å². The Morgan fingerprint density at radius 1 is 0.967 bits per heavy atom. The number of aliphatic hydroxyl groups excluding tert-OH is 1. The summed E-state index contributed by atoms with van der Waals surface area (Å²) in [6.45, 7) is 5.78. The zero-order chi connectivity index (χ0) is 20.8. The molecule has 1 unspecified atom stereocenters. The van der Waals surface area contributed by atoms with Gasteiger partial charge in [0.1, 0.15) is 6.23 Å². The Bertz CT molecular complexity index is 690. The molecule has 0 spiro atoms. The van der Waals surface area contributed by atoms with Crippen LogP contribution in [0.25, 0.3) is 0 Å². The molecule has 1 aromatic carbocycles. The lowest BCUT2D eigenvalue weighted by atomic mass is 9.91. The molecule has 2 saturated heterocycles. The first-order valence-electron chi connectivity index (χ1n) is 11.9. The van der Waals surface area contributed by atoms with E-state index in [-0.39, 0.29) is 5.91 Å². The number of anilines is 1. The predicted molar refractivity (Wildman–Crippen MR) is 118 cm³/mol. The maximum atomic E-state index is 12.4. The van der Waals surface area contributed by atoms with Gasteiger partial charge in [-0.3, -0.25) is 9.63 Å². The normalized spacial score (nSPS) is 23.8. The molecule has 6 heteroatoms. The van der Waals surface area contributed by atoms with E-state index in [2.05, 4.69) is 23.1 Å². The van der Waals surface area contributed by atoms with E-state index in [4.69, 9.17) is 4.84 Å². The number of unbranched alkanes of at least 4 members (excludes halogenated alkanes) is 1. The van der Waals surface area contributed by atoms with Crippen molar-refractivity contribution in [2.45, 2.75) is 64.0 Å². The average Bonchev–Trinajstić information content (AvgIpc) is 3.18. The second kappa shape index (κ2) is 10.7. The Balaban J connectivity index is 1.10. The fraction of sp³-hybridized carbons (Fsp3) is 0.708.